The molecular weight excluding hydrogens is 858 g/mol. The van der Waals surface area contributed by atoms with Crippen LogP contribution in [-0.2, 0) is 41.6 Å². The van der Waals surface area contributed by atoms with E-state index in [2.05, 4.69) is 13.6 Å². The average molecular weight is 894 g/mol. The Balaban J connectivity index is -0.000000156. The molecule has 0 unspecified atom stereocenters. The molecule has 0 aliphatic heterocycles. The molecule has 0 fully saturated rings. The molecule has 0 aromatic carbocycles. The van der Waals surface area contributed by atoms with Crippen molar-refractivity contribution in [2.24, 2.45) is 0 Å². The number of phosphoric ester groups is 3. The quantitative estimate of drug-likeness (QED) is 0.0376. The molecule has 30 nitrogen and oxygen atoms in total. The maximum atomic E-state index is 10.2. The maximum Gasteiger partial charge on any atom is 1.00 e. The minimum Gasteiger partial charge on any atom is -0.547 e. The standard InChI is InChI=1S/3C6H13O10P.3Na/c3*7-2(1-16-17(13,14)15)3(8)4(9)5(10)6(11)12;;;/h3*2-5,7-10H,1H2,(H,11,12)(H2,13,14,15);;;/q;;;3*+1/p-3/t3*2-,3-,4+,5-;;;/m111.../s1. The third-order valence-corrected chi connectivity index (χ3v) is 6.62. The molecule has 0 saturated carbocycles. The first-order valence-electron chi connectivity index (χ1n) is 12.6. The van der Waals surface area contributed by atoms with Gasteiger partial charge in [0.15, 0.2) is 0 Å². The third-order valence-electron chi connectivity index (χ3n) is 5.17. The van der Waals surface area contributed by atoms with Gasteiger partial charge in [-0.3, -0.25) is 13.6 Å². The van der Waals surface area contributed by atoms with Crippen LogP contribution in [0.4, 0.5) is 0 Å². The number of aliphatic hydroxyl groups is 12. The molecule has 0 saturated heterocycles. The Morgan fingerprint density at radius 1 is 0.389 bits per heavy atom. The van der Waals surface area contributed by atoms with Crippen molar-refractivity contribution in [2.45, 2.75) is 73.2 Å². The first-order valence-corrected chi connectivity index (χ1v) is 17.2. The van der Waals surface area contributed by atoms with Crippen LogP contribution in [0.25, 0.3) is 0 Å². The van der Waals surface area contributed by atoms with E-state index in [9.17, 15) is 43.4 Å². The number of hydrogen-bond donors (Lipinski definition) is 18. The van der Waals surface area contributed by atoms with Crippen LogP contribution in [0, 0.1) is 0 Å². The molecule has 54 heavy (non-hydrogen) atoms. The molecule has 0 bridgehead atoms. The van der Waals surface area contributed by atoms with Gasteiger partial charge in [-0.1, -0.05) is 0 Å². The van der Waals surface area contributed by atoms with Crippen molar-refractivity contribution in [3.05, 3.63) is 0 Å². The number of carboxylic acid groups (broad SMARTS) is 3. The largest absolute Gasteiger partial charge is 1.00 e. The van der Waals surface area contributed by atoms with E-state index in [1.165, 1.54) is 0 Å². The fourth-order valence-corrected chi connectivity index (χ4v) is 3.52. The molecule has 12 atom stereocenters. The van der Waals surface area contributed by atoms with Crippen molar-refractivity contribution >= 4 is 41.4 Å². The van der Waals surface area contributed by atoms with Gasteiger partial charge in [-0.25, -0.2) is 13.7 Å². The summed E-state index contributed by atoms with van der Waals surface area (Å²) in [7, 11) is -14.6. The second kappa shape index (κ2) is 31.2. The Labute approximate surface area is 367 Å². The average Bonchev–Trinajstić information content (AvgIpc) is 3.00. The minimum atomic E-state index is -4.88. The van der Waals surface area contributed by atoms with Gasteiger partial charge < -0.3 is 120 Å². The predicted octanol–water partition coefficient (Wildman–Crippen LogP) is -23.1. The zero-order valence-corrected chi connectivity index (χ0v) is 36.5. The Hall–Kier alpha value is 1.26. The molecule has 18 N–H and O–H groups in total. The molecule has 0 spiro atoms. The first kappa shape index (κ1) is 67.0. The number of carbonyl (C=O) groups excluding carboxylic acids is 3. The number of aliphatic carboxylic acids is 3. The summed E-state index contributed by atoms with van der Waals surface area (Å²) in [5, 5.41) is 138. The van der Waals surface area contributed by atoms with Crippen LogP contribution in [-0.4, -0.2) is 202 Å². The topological polar surface area (TPSA) is 563 Å². The van der Waals surface area contributed by atoms with E-state index < -0.39 is 134 Å². The number of rotatable bonds is 21. The summed E-state index contributed by atoms with van der Waals surface area (Å²) in [5.74, 6) is -6.25. The smallest absolute Gasteiger partial charge is 0.547 e. The molecule has 36 heteroatoms. The van der Waals surface area contributed by atoms with Crippen molar-refractivity contribution in [1.29, 1.82) is 0 Å². The number of hydrogen-bond acceptors (Lipinski definition) is 24. The van der Waals surface area contributed by atoms with Gasteiger partial charge in [0.25, 0.3) is 0 Å². The molecule has 0 radical (unpaired) electrons. The molecule has 0 aliphatic rings. The Kier molecular flexibility index (Phi) is 38.7. The zero-order valence-electron chi connectivity index (χ0n) is 27.8. The van der Waals surface area contributed by atoms with Crippen molar-refractivity contribution in [3.8, 4) is 0 Å². The summed E-state index contributed by atoms with van der Waals surface area (Å²) in [6.07, 6.45) is -26.9. The maximum absolute atomic E-state index is 10.2. The van der Waals surface area contributed by atoms with Gasteiger partial charge in [0.2, 0.25) is 0 Å². The van der Waals surface area contributed by atoms with Gasteiger partial charge in [-0.15, -0.1) is 0 Å². The molecular formula is C18H36Na3O30P3. The Bertz CT molecular complexity index is 1060. The van der Waals surface area contributed by atoms with Crippen molar-refractivity contribution in [3.63, 3.8) is 0 Å². The molecule has 306 valence electrons. The van der Waals surface area contributed by atoms with Crippen LogP contribution in [0.5, 0.6) is 0 Å². The summed E-state index contributed by atoms with van der Waals surface area (Å²) in [6, 6.07) is 0. The van der Waals surface area contributed by atoms with E-state index >= 15 is 0 Å². The van der Waals surface area contributed by atoms with Crippen molar-refractivity contribution in [2.75, 3.05) is 19.8 Å². The molecule has 0 aliphatic carbocycles. The minimum absolute atomic E-state index is 0. The zero-order chi connectivity index (χ0) is 41.4. The molecule has 0 heterocycles. The predicted molar refractivity (Wildman–Crippen MR) is 141 cm³/mol. The van der Waals surface area contributed by atoms with Gasteiger partial charge >= 0.3 is 112 Å². The van der Waals surface area contributed by atoms with Crippen LogP contribution in [0.2, 0.25) is 0 Å². The van der Waals surface area contributed by atoms with Crippen LogP contribution in [0.1, 0.15) is 0 Å². The van der Waals surface area contributed by atoms with Crippen LogP contribution < -0.4 is 104 Å². The van der Waals surface area contributed by atoms with Crippen LogP contribution >= 0.6 is 23.5 Å². The summed E-state index contributed by atoms with van der Waals surface area (Å²) in [5.41, 5.74) is 0. The van der Waals surface area contributed by atoms with Crippen molar-refractivity contribution < 1.29 is 236 Å². The monoisotopic (exact) mass is 894 g/mol. The summed E-state index contributed by atoms with van der Waals surface area (Å²) in [6.45, 7) is -3.20. The number of phosphoric acid groups is 3. The molecule has 0 amide bonds. The fourth-order valence-electron chi connectivity index (χ4n) is 2.48. The van der Waals surface area contributed by atoms with E-state index in [-0.39, 0.29) is 88.7 Å². The van der Waals surface area contributed by atoms with Gasteiger partial charge in [0, 0.05) is 0 Å². The van der Waals surface area contributed by atoms with E-state index in [1.54, 1.807) is 0 Å². The second-order valence-corrected chi connectivity index (χ2v) is 13.0. The van der Waals surface area contributed by atoms with Crippen LogP contribution in [0.15, 0.2) is 0 Å². The van der Waals surface area contributed by atoms with Gasteiger partial charge in [-0.2, -0.15) is 0 Å². The Morgan fingerprint density at radius 3 is 0.648 bits per heavy atom. The number of carbonyl (C=O) groups is 3. The van der Waals surface area contributed by atoms with Crippen LogP contribution in [0.3, 0.4) is 0 Å². The number of carboxylic acids is 3. The molecule has 0 aromatic heterocycles. The van der Waals surface area contributed by atoms with Gasteiger partial charge in [0.05, 0.1) is 37.7 Å². The van der Waals surface area contributed by atoms with Gasteiger partial charge in [0.1, 0.15) is 73.2 Å². The number of aliphatic hydroxyl groups excluding tert-OH is 12. The summed E-state index contributed by atoms with van der Waals surface area (Å²) >= 11 is 0. The summed E-state index contributed by atoms with van der Waals surface area (Å²) < 4.78 is 42.1. The van der Waals surface area contributed by atoms with E-state index in [0.29, 0.717) is 0 Å². The SMILES string of the molecule is O=C([O-])[C@H](O)[C@@H](O)[C@H](O)[C@H](O)COP(=O)(O)O.O=C([O-])[C@H](O)[C@@H](O)[C@H](O)[C@H](O)COP(=O)(O)O.O=C([O-])[C@H](O)[C@@H](O)[C@H](O)[C@H](O)COP(=O)(O)O.[Na+].[Na+].[Na+]. The summed E-state index contributed by atoms with van der Waals surface area (Å²) in [4.78, 5) is 79.9. The second-order valence-electron chi connectivity index (χ2n) is 9.30. The molecule has 0 aromatic rings. The first-order chi connectivity index (χ1) is 22.7. The van der Waals surface area contributed by atoms with E-state index in [1.807, 2.05) is 0 Å². The van der Waals surface area contributed by atoms with E-state index in [0.717, 1.165) is 0 Å². The van der Waals surface area contributed by atoms with Gasteiger partial charge in [-0.05, 0) is 0 Å². The van der Waals surface area contributed by atoms with Crippen molar-refractivity contribution in [1.82, 2.24) is 0 Å². The fraction of sp³-hybridized carbons (Fsp3) is 0.833. The third kappa shape index (κ3) is 32.2. The van der Waals surface area contributed by atoms with E-state index in [4.69, 9.17) is 90.6 Å². The Morgan fingerprint density at radius 2 is 0.537 bits per heavy atom. The normalized spacial score (nSPS) is 18.3. The molecule has 0 rings (SSSR count).